The van der Waals surface area contributed by atoms with E-state index in [0.717, 1.165) is 116 Å². The second-order valence-electron chi connectivity index (χ2n) is 23.7. The van der Waals surface area contributed by atoms with Crippen molar-refractivity contribution in [2.75, 3.05) is 26.4 Å². The first-order valence-corrected chi connectivity index (χ1v) is 37.8. The molecule has 0 aromatic rings. The Morgan fingerprint density at radius 2 is 0.584 bits per heavy atom. The molecule has 10 heteroatoms. The lowest BCUT2D eigenvalue weighted by Crippen LogP contribution is -2.29. The zero-order chi connectivity index (χ0) is 64.4. The van der Waals surface area contributed by atoms with E-state index in [9.17, 15) is 19.0 Å². The molecule has 0 aliphatic rings. The first kappa shape index (κ1) is 84.9. The van der Waals surface area contributed by atoms with Crippen LogP contribution in [0.3, 0.4) is 0 Å². The molecule has 0 radical (unpaired) electrons. The van der Waals surface area contributed by atoms with Crippen LogP contribution < -0.4 is 5.73 Å². The van der Waals surface area contributed by atoms with Gasteiger partial charge in [0.1, 0.15) is 6.61 Å². The second kappa shape index (κ2) is 72.9. The van der Waals surface area contributed by atoms with Crippen LogP contribution in [0.2, 0.25) is 0 Å². The summed E-state index contributed by atoms with van der Waals surface area (Å²) in [6, 6.07) is 0. The number of carbonyl (C=O) groups excluding carboxylic acids is 2. The van der Waals surface area contributed by atoms with Crippen LogP contribution in [0, 0.1) is 0 Å². The number of esters is 2. The molecular formula is C79H134NO8P. The van der Waals surface area contributed by atoms with E-state index >= 15 is 0 Å². The van der Waals surface area contributed by atoms with Crippen LogP contribution in [0.25, 0.3) is 0 Å². The SMILES string of the molecule is CC/C=C\C/C=C\C/C=C\C/C=C\C/C=C\C/C=C\C/C=C\CCCCCCCCCCCCCCCCCCCC(=O)OC(COC(=O)CCCCCCCCCCCCCCC/C=C\C/C=C\C/C=C\C/C=C\C/C=C\CC)COP(=O)(O)OCCN. The van der Waals surface area contributed by atoms with Gasteiger partial charge in [0.2, 0.25) is 0 Å². The molecule has 0 aliphatic carbocycles. The Morgan fingerprint density at radius 1 is 0.337 bits per heavy atom. The summed E-state index contributed by atoms with van der Waals surface area (Å²) in [4.78, 5) is 35.4. The second-order valence-corrected chi connectivity index (χ2v) is 25.1. The van der Waals surface area contributed by atoms with Gasteiger partial charge in [-0.2, -0.15) is 0 Å². The molecule has 89 heavy (non-hydrogen) atoms. The summed E-state index contributed by atoms with van der Waals surface area (Å²) in [7, 11) is -4.40. The fourth-order valence-electron chi connectivity index (χ4n) is 9.94. The Labute approximate surface area is 547 Å². The number of phosphoric acid groups is 1. The summed E-state index contributed by atoms with van der Waals surface area (Å²) in [6.45, 7) is 3.54. The number of nitrogens with two attached hydrogens (primary N) is 1. The van der Waals surface area contributed by atoms with Gasteiger partial charge in [-0.25, -0.2) is 4.57 Å². The Balaban J connectivity index is 3.87. The number of allylic oxidation sites excluding steroid dienone is 24. The molecule has 9 nitrogen and oxygen atoms in total. The third kappa shape index (κ3) is 72.8. The zero-order valence-corrected chi connectivity index (χ0v) is 58.0. The first-order chi connectivity index (χ1) is 43.8. The van der Waals surface area contributed by atoms with Crippen LogP contribution in [0.15, 0.2) is 146 Å². The first-order valence-electron chi connectivity index (χ1n) is 36.3. The van der Waals surface area contributed by atoms with Gasteiger partial charge in [0.25, 0.3) is 0 Å². The van der Waals surface area contributed by atoms with E-state index in [0.29, 0.717) is 6.42 Å². The highest BCUT2D eigenvalue weighted by Gasteiger charge is 2.26. The van der Waals surface area contributed by atoms with Crippen molar-refractivity contribution in [2.24, 2.45) is 5.73 Å². The van der Waals surface area contributed by atoms with E-state index in [4.69, 9.17) is 24.3 Å². The summed E-state index contributed by atoms with van der Waals surface area (Å²) < 4.78 is 33.2. The smallest absolute Gasteiger partial charge is 0.462 e. The van der Waals surface area contributed by atoms with Gasteiger partial charge < -0.3 is 20.1 Å². The van der Waals surface area contributed by atoms with Gasteiger partial charge in [0.15, 0.2) is 6.10 Å². The molecule has 0 amide bonds. The molecule has 0 rings (SSSR count). The summed E-state index contributed by atoms with van der Waals surface area (Å²) in [6.07, 6.45) is 105. The average molecular weight is 1260 g/mol. The highest BCUT2D eigenvalue weighted by Crippen LogP contribution is 2.43. The Kier molecular flexibility index (Phi) is 69.6. The van der Waals surface area contributed by atoms with Crippen LogP contribution in [-0.2, 0) is 32.7 Å². The van der Waals surface area contributed by atoms with Crippen molar-refractivity contribution in [2.45, 2.75) is 315 Å². The summed E-state index contributed by atoms with van der Waals surface area (Å²) >= 11 is 0. The highest BCUT2D eigenvalue weighted by atomic mass is 31.2. The van der Waals surface area contributed by atoms with Gasteiger partial charge >= 0.3 is 19.8 Å². The van der Waals surface area contributed by atoms with Crippen molar-refractivity contribution < 1.29 is 37.6 Å². The largest absolute Gasteiger partial charge is 0.472 e. The molecule has 0 saturated carbocycles. The van der Waals surface area contributed by atoms with Crippen LogP contribution in [-0.4, -0.2) is 49.3 Å². The topological polar surface area (TPSA) is 134 Å². The molecule has 0 heterocycles. The van der Waals surface area contributed by atoms with Gasteiger partial charge in [0.05, 0.1) is 13.2 Å². The van der Waals surface area contributed by atoms with Crippen LogP contribution in [0.4, 0.5) is 0 Å². The van der Waals surface area contributed by atoms with Crippen LogP contribution in [0.1, 0.15) is 309 Å². The molecule has 3 N–H and O–H groups in total. The number of ether oxygens (including phenoxy) is 2. The summed E-state index contributed by atoms with van der Waals surface area (Å²) in [5.74, 6) is -0.825. The van der Waals surface area contributed by atoms with E-state index in [1.54, 1.807) is 0 Å². The number of rotatable bonds is 67. The Hall–Kier alpha value is -4.11. The van der Waals surface area contributed by atoms with Crippen molar-refractivity contribution in [1.82, 2.24) is 0 Å². The minimum atomic E-state index is -4.40. The van der Waals surface area contributed by atoms with Crippen molar-refractivity contribution >= 4 is 19.8 Å². The highest BCUT2D eigenvalue weighted by molar-refractivity contribution is 7.47. The lowest BCUT2D eigenvalue weighted by atomic mass is 10.0. The molecule has 2 atom stereocenters. The standard InChI is InChI=1S/C79H134NO8P/c1-3-5-7-9-11-13-15-17-19-21-23-25-27-29-31-33-34-35-36-37-38-39-40-41-42-44-46-48-50-52-54-56-58-60-62-64-66-68-70-72-79(82)88-77(76-87-89(83,84)86-74-73-80)75-85-78(81)71-69-67-65-63-61-59-57-55-53-51-49-47-45-43-32-30-28-26-24-22-20-18-16-14-12-10-8-6-4-2/h5-8,11-14,17-20,23-26,29-32,34-35,37-38,77H,3-4,9-10,15-16,21-22,27-28,33,36,39-76,80H2,1-2H3,(H,83,84)/b7-5-,8-6-,13-11-,14-12-,19-17-,20-18-,25-23-,26-24-,31-29-,32-30-,35-34-,38-37-. The van der Waals surface area contributed by atoms with Crippen molar-refractivity contribution in [1.29, 1.82) is 0 Å². The van der Waals surface area contributed by atoms with Gasteiger partial charge in [-0.1, -0.05) is 327 Å². The lowest BCUT2D eigenvalue weighted by molar-refractivity contribution is -0.161. The Bertz CT molecular complexity index is 1970. The average Bonchev–Trinajstić information content (AvgIpc) is 3.68. The van der Waals surface area contributed by atoms with Crippen LogP contribution >= 0.6 is 7.82 Å². The molecule has 0 aliphatic heterocycles. The number of carbonyl (C=O) groups is 2. The number of phosphoric ester groups is 1. The minimum absolute atomic E-state index is 0.0489. The van der Waals surface area contributed by atoms with Gasteiger partial charge in [-0.3, -0.25) is 18.6 Å². The Morgan fingerprint density at radius 3 is 0.865 bits per heavy atom. The molecule has 0 bridgehead atoms. The van der Waals surface area contributed by atoms with Crippen molar-refractivity contribution in [3.63, 3.8) is 0 Å². The zero-order valence-electron chi connectivity index (χ0n) is 57.1. The van der Waals surface area contributed by atoms with E-state index in [1.807, 2.05) is 0 Å². The maximum Gasteiger partial charge on any atom is 0.472 e. The molecule has 0 saturated heterocycles. The van der Waals surface area contributed by atoms with Gasteiger partial charge in [-0.05, 0) is 116 Å². The number of unbranched alkanes of at least 4 members (excludes halogenated alkanes) is 30. The number of hydrogen-bond donors (Lipinski definition) is 2. The summed E-state index contributed by atoms with van der Waals surface area (Å²) in [5, 5.41) is 0. The quantitative estimate of drug-likeness (QED) is 0.0264. The van der Waals surface area contributed by atoms with E-state index in [1.165, 1.54) is 161 Å². The molecule has 508 valence electrons. The molecule has 0 spiro atoms. The van der Waals surface area contributed by atoms with Gasteiger partial charge in [0, 0.05) is 19.4 Å². The molecule has 0 fully saturated rings. The van der Waals surface area contributed by atoms with E-state index in [2.05, 4.69) is 160 Å². The molecular weight excluding hydrogens is 1120 g/mol. The van der Waals surface area contributed by atoms with Crippen LogP contribution in [0.5, 0.6) is 0 Å². The minimum Gasteiger partial charge on any atom is -0.462 e. The maximum atomic E-state index is 12.8. The van der Waals surface area contributed by atoms with Crippen molar-refractivity contribution in [3.05, 3.63) is 146 Å². The van der Waals surface area contributed by atoms with E-state index in [-0.39, 0.29) is 38.6 Å². The maximum absolute atomic E-state index is 12.8. The van der Waals surface area contributed by atoms with Crippen molar-refractivity contribution in [3.8, 4) is 0 Å². The fourth-order valence-corrected chi connectivity index (χ4v) is 10.7. The number of hydrogen-bond acceptors (Lipinski definition) is 8. The lowest BCUT2D eigenvalue weighted by Gasteiger charge is -2.19. The van der Waals surface area contributed by atoms with E-state index < -0.39 is 26.5 Å². The predicted molar refractivity (Wildman–Crippen MR) is 385 cm³/mol. The summed E-state index contributed by atoms with van der Waals surface area (Å²) in [5.41, 5.74) is 5.41. The molecule has 0 aromatic heterocycles. The van der Waals surface area contributed by atoms with Gasteiger partial charge in [-0.15, -0.1) is 0 Å². The normalized spacial score (nSPS) is 13.8. The predicted octanol–water partition coefficient (Wildman–Crippen LogP) is 24.2. The molecule has 2 unspecified atom stereocenters. The fraction of sp³-hybridized carbons (Fsp3) is 0.671. The molecule has 0 aromatic carbocycles. The third-order valence-corrected chi connectivity index (χ3v) is 16.2. The third-order valence-electron chi connectivity index (χ3n) is 15.2. The monoisotopic (exact) mass is 1260 g/mol.